The molecule has 0 aliphatic carbocycles. The van der Waals surface area contributed by atoms with E-state index in [0.717, 1.165) is 0 Å². The van der Waals surface area contributed by atoms with Crippen LogP contribution in [0.25, 0.3) is 0 Å². The van der Waals surface area contributed by atoms with Gasteiger partial charge in [-0.3, -0.25) is 9.59 Å². The summed E-state index contributed by atoms with van der Waals surface area (Å²) in [5, 5.41) is 2.86. The molecule has 0 radical (unpaired) electrons. The lowest BCUT2D eigenvalue weighted by molar-refractivity contribution is 0.0303. The van der Waals surface area contributed by atoms with Crippen LogP contribution in [0, 0.1) is 5.92 Å². The van der Waals surface area contributed by atoms with Gasteiger partial charge in [-0.1, -0.05) is 13.8 Å². The highest BCUT2D eigenvalue weighted by Gasteiger charge is 2.18. The van der Waals surface area contributed by atoms with Gasteiger partial charge in [0.1, 0.15) is 0 Å². The van der Waals surface area contributed by atoms with Gasteiger partial charge >= 0.3 is 0 Å². The molecule has 1 heterocycles. The van der Waals surface area contributed by atoms with Gasteiger partial charge in [-0.25, -0.2) is 0 Å². The van der Waals surface area contributed by atoms with Crippen LogP contribution < -0.4 is 5.32 Å². The van der Waals surface area contributed by atoms with Gasteiger partial charge in [0.2, 0.25) is 0 Å². The minimum Gasteiger partial charge on any atom is -0.378 e. The minimum atomic E-state index is -0.103. The third-order valence-electron chi connectivity index (χ3n) is 3.36. The van der Waals surface area contributed by atoms with E-state index < -0.39 is 0 Å². The van der Waals surface area contributed by atoms with Crippen LogP contribution in [0.5, 0.6) is 0 Å². The summed E-state index contributed by atoms with van der Waals surface area (Å²) in [6.45, 7) is 7.15. The average Bonchev–Trinajstić information content (AvgIpc) is 2.53. The summed E-state index contributed by atoms with van der Waals surface area (Å²) >= 11 is 0. The molecule has 21 heavy (non-hydrogen) atoms. The topological polar surface area (TPSA) is 58.6 Å². The van der Waals surface area contributed by atoms with Gasteiger partial charge in [0.05, 0.1) is 13.2 Å². The van der Waals surface area contributed by atoms with Gasteiger partial charge in [-0.2, -0.15) is 0 Å². The third-order valence-corrected chi connectivity index (χ3v) is 3.36. The molecule has 1 aromatic rings. The van der Waals surface area contributed by atoms with Gasteiger partial charge in [0.15, 0.2) is 0 Å². The standard InChI is InChI=1S/C16H22N2O3/c1-12(2)11-17-15(19)13-3-5-14(6-4-13)16(20)18-7-9-21-10-8-18/h3-6,12H,7-11H2,1-2H3,(H,17,19). The van der Waals surface area contributed by atoms with Gasteiger partial charge in [0, 0.05) is 30.8 Å². The Morgan fingerprint density at radius 2 is 1.71 bits per heavy atom. The van der Waals surface area contributed by atoms with E-state index in [0.29, 0.717) is 49.9 Å². The van der Waals surface area contributed by atoms with E-state index in [4.69, 9.17) is 4.74 Å². The number of carbonyl (C=O) groups is 2. The molecule has 1 N–H and O–H groups in total. The molecule has 0 unspecified atom stereocenters. The number of rotatable bonds is 4. The zero-order valence-corrected chi connectivity index (χ0v) is 12.6. The first-order valence-corrected chi connectivity index (χ1v) is 7.33. The maximum Gasteiger partial charge on any atom is 0.254 e. The van der Waals surface area contributed by atoms with Gasteiger partial charge in [-0.05, 0) is 30.2 Å². The summed E-state index contributed by atoms with van der Waals surface area (Å²) in [7, 11) is 0. The molecule has 5 heteroatoms. The molecular weight excluding hydrogens is 268 g/mol. The fourth-order valence-corrected chi connectivity index (χ4v) is 2.11. The fourth-order valence-electron chi connectivity index (χ4n) is 2.11. The summed E-state index contributed by atoms with van der Waals surface area (Å²) in [6.07, 6.45) is 0. The number of morpholine rings is 1. The molecule has 0 spiro atoms. The highest BCUT2D eigenvalue weighted by molar-refractivity contribution is 5.97. The second-order valence-electron chi connectivity index (χ2n) is 5.59. The highest BCUT2D eigenvalue weighted by Crippen LogP contribution is 2.09. The number of hydrogen-bond acceptors (Lipinski definition) is 3. The Kier molecular flexibility index (Phi) is 5.33. The van der Waals surface area contributed by atoms with Crippen LogP contribution in [-0.4, -0.2) is 49.6 Å². The number of ether oxygens (including phenoxy) is 1. The molecule has 0 bridgehead atoms. The van der Waals surface area contributed by atoms with Crippen molar-refractivity contribution in [2.45, 2.75) is 13.8 Å². The molecule has 1 aliphatic rings. The van der Waals surface area contributed by atoms with Crippen molar-refractivity contribution in [2.24, 2.45) is 5.92 Å². The van der Waals surface area contributed by atoms with E-state index >= 15 is 0 Å². The van der Waals surface area contributed by atoms with Gasteiger partial charge in [-0.15, -0.1) is 0 Å². The Balaban J connectivity index is 1.97. The average molecular weight is 290 g/mol. The molecule has 1 saturated heterocycles. The lowest BCUT2D eigenvalue weighted by Crippen LogP contribution is -2.40. The first-order valence-electron chi connectivity index (χ1n) is 7.33. The largest absolute Gasteiger partial charge is 0.378 e. The van der Waals surface area contributed by atoms with Crippen LogP contribution >= 0.6 is 0 Å². The zero-order valence-electron chi connectivity index (χ0n) is 12.6. The Labute approximate surface area is 125 Å². The van der Waals surface area contributed by atoms with Crippen LogP contribution in [0.4, 0.5) is 0 Å². The summed E-state index contributed by atoms with van der Waals surface area (Å²) < 4.78 is 5.24. The van der Waals surface area contributed by atoms with Crippen molar-refractivity contribution in [3.05, 3.63) is 35.4 Å². The molecule has 0 saturated carbocycles. The van der Waals surface area contributed by atoms with Crippen molar-refractivity contribution in [1.82, 2.24) is 10.2 Å². The van der Waals surface area contributed by atoms with E-state index in [1.165, 1.54) is 0 Å². The maximum atomic E-state index is 12.3. The van der Waals surface area contributed by atoms with Crippen molar-refractivity contribution in [3.8, 4) is 0 Å². The van der Waals surface area contributed by atoms with Crippen molar-refractivity contribution in [2.75, 3.05) is 32.8 Å². The van der Waals surface area contributed by atoms with Crippen molar-refractivity contribution < 1.29 is 14.3 Å². The van der Waals surface area contributed by atoms with Crippen LogP contribution in [-0.2, 0) is 4.74 Å². The van der Waals surface area contributed by atoms with Gasteiger partial charge < -0.3 is 15.0 Å². The SMILES string of the molecule is CC(C)CNC(=O)c1ccc(C(=O)N2CCOCC2)cc1. The molecule has 0 aromatic heterocycles. The molecule has 1 aromatic carbocycles. The molecule has 1 fully saturated rings. The van der Waals surface area contributed by atoms with Crippen LogP contribution in [0.3, 0.4) is 0 Å². The second kappa shape index (κ2) is 7.22. The summed E-state index contributed by atoms with van der Waals surface area (Å²) in [4.78, 5) is 25.9. The number of amides is 2. The van der Waals surface area contributed by atoms with Crippen LogP contribution in [0.2, 0.25) is 0 Å². The van der Waals surface area contributed by atoms with Gasteiger partial charge in [0.25, 0.3) is 11.8 Å². The molecule has 5 nitrogen and oxygen atoms in total. The number of hydrogen-bond donors (Lipinski definition) is 1. The minimum absolute atomic E-state index is 0.00700. The monoisotopic (exact) mass is 290 g/mol. The Morgan fingerprint density at radius 1 is 1.14 bits per heavy atom. The Hall–Kier alpha value is -1.88. The Morgan fingerprint density at radius 3 is 2.29 bits per heavy atom. The predicted octanol–water partition coefficient (Wildman–Crippen LogP) is 1.54. The highest BCUT2D eigenvalue weighted by atomic mass is 16.5. The Bertz CT molecular complexity index is 491. The van der Waals surface area contributed by atoms with E-state index in [2.05, 4.69) is 5.32 Å². The maximum absolute atomic E-state index is 12.3. The van der Waals surface area contributed by atoms with E-state index in [1.807, 2.05) is 13.8 Å². The molecule has 0 atom stereocenters. The van der Waals surface area contributed by atoms with Crippen LogP contribution in [0.1, 0.15) is 34.6 Å². The zero-order chi connectivity index (χ0) is 15.2. The normalized spacial score (nSPS) is 15.1. The van der Waals surface area contributed by atoms with E-state index in [-0.39, 0.29) is 11.8 Å². The van der Waals surface area contributed by atoms with Crippen molar-refractivity contribution in [1.29, 1.82) is 0 Å². The van der Waals surface area contributed by atoms with E-state index in [1.54, 1.807) is 29.2 Å². The first-order chi connectivity index (χ1) is 10.1. The quantitative estimate of drug-likeness (QED) is 0.915. The fraction of sp³-hybridized carbons (Fsp3) is 0.500. The predicted molar refractivity (Wildman–Crippen MR) is 80.3 cm³/mol. The molecule has 2 rings (SSSR count). The molecule has 1 aliphatic heterocycles. The van der Waals surface area contributed by atoms with E-state index in [9.17, 15) is 9.59 Å². The molecule has 114 valence electrons. The second-order valence-corrected chi connectivity index (χ2v) is 5.59. The lowest BCUT2D eigenvalue weighted by atomic mass is 10.1. The number of benzene rings is 1. The molecular formula is C16H22N2O3. The number of carbonyl (C=O) groups excluding carboxylic acids is 2. The third kappa shape index (κ3) is 4.29. The number of nitrogens with zero attached hydrogens (tertiary/aromatic N) is 1. The summed E-state index contributed by atoms with van der Waals surface area (Å²) in [6, 6.07) is 6.82. The van der Waals surface area contributed by atoms with Crippen molar-refractivity contribution in [3.63, 3.8) is 0 Å². The van der Waals surface area contributed by atoms with Crippen LogP contribution in [0.15, 0.2) is 24.3 Å². The first kappa shape index (κ1) is 15.5. The summed E-state index contributed by atoms with van der Waals surface area (Å²) in [5.41, 5.74) is 1.19. The number of nitrogens with one attached hydrogen (secondary N) is 1. The summed E-state index contributed by atoms with van der Waals surface area (Å²) in [5.74, 6) is 0.303. The van der Waals surface area contributed by atoms with Crippen molar-refractivity contribution >= 4 is 11.8 Å². The lowest BCUT2D eigenvalue weighted by Gasteiger charge is -2.26. The molecule has 2 amide bonds. The smallest absolute Gasteiger partial charge is 0.254 e.